The zero-order valence-electron chi connectivity index (χ0n) is 13.0. The van der Waals surface area contributed by atoms with Crippen molar-refractivity contribution in [1.82, 2.24) is 10.6 Å². The van der Waals surface area contributed by atoms with E-state index in [2.05, 4.69) is 17.6 Å². The molecule has 0 heterocycles. The fraction of sp³-hybridized carbons (Fsp3) is 0.875. The molecule has 21 heavy (non-hydrogen) atoms. The second-order valence-electron chi connectivity index (χ2n) is 7.06. The van der Waals surface area contributed by atoms with E-state index in [1.54, 1.807) is 0 Å². The molecule has 2 saturated carbocycles. The first-order valence-electron chi connectivity index (χ1n) is 8.27. The molecule has 0 aromatic rings. The van der Waals surface area contributed by atoms with Gasteiger partial charge in [-0.25, -0.2) is 9.59 Å². The Balaban J connectivity index is 1.81. The molecule has 3 N–H and O–H groups in total. The molecule has 5 nitrogen and oxygen atoms in total. The second kappa shape index (κ2) is 7.14. The molecule has 120 valence electrons. The zero-order chi connectivity index (χ0) is 15.3. The number of aliphatic carboxylic acids is 1. The molecule has 2 rings (SSSR count). The molecule has 5 heteroatoms. The third kappa shape index (κ3) is 4.61. The highest BCUT2D eigenvalue weighted by Gasteiger charge is 2.32. The minimum atomic E-state index is -0.913. The number of carbonyl (C=O) groups is 2. The molecule has 2 aliphatic carbocycles. The van der Waals surface area contributed by atoms with Crippen LogP contribution in [0, 0.1) is 11.3 Å². The topological polar surface area (TPSA) is 78.4 Å². The third-order valence-electron chi connectivity index (χ3n) is 5.16. The minimum Gasteiger partial charge on any atom is -0.480 e. The first-order valence-corrected chi connectivity index (χ1v) is 8.27. The highest BCUT2D eigenvalue weighted by atomic mass is 16.4. The molecule has 1 atom stereocenters. The highest BCUT2D eigenvalue weighted by molar-refractivity contribution is 5.82. The van der Waals surface area contributed by atoms with E-state index < -0.39 is 12.0 Å². The first-order chi connectivity index (χ1) is 10.0. The summed E-state index contributed by atoms with van der Waals surface area (Å²) in [4.78, 5) is 23.4. The van der Waals surface area contributed by atoms with Gasteiger partial charge in [-0.15, -0.1) is 0 Å². The number of nitrogens with one attached hydrogen (secondary N) is 2. The Morgan fingerprint density at radius 1 is 1.14 bits per heavy atom. The van der Waals surface area contributed by atoms with Crippen molar-refractivity contribution in [3.8, 4) is 0 Å². The van der Waals surface area contributed by atoms with Crippen LogP contribution in [0.3, 0.4) is 0 Å². The molecule has 0 aromatic heterocycles. The number of carboxylic acid groups (broad SMARTS) is 1. The molecule has 0 bridgehead atoms. The summed E-state index contributed by atoms with van der Waals surface area (Å²) < 4.78 is 0. The summed E-state index contributed by atoms with van der Waals surface area (Å²) in [7, 11) is 0. The summed E-state index contributed by atoms with van der Waals surface area (Å²) in [5.74, 6) is -0.840. The van der Waals surface area contributed by atoms with Crippen molar-refractivity contribution < 1.29 is 14.7 Å². The van der Waals surface area contributed by atoms with Gasteiger partial charge < -0.3 is 15.7 Å². The number of urea groups is 1. The number of hydrogen-bond acceptors (Lipinski definition) is 2. The van der Waals surface area contributed by atoms with Crippen LogP contribution >= 0.6 is 0 Å². The number of carboxylic acids is 1. The molecule has 0 spiro atoms. The van der Waals surface area contributed by atoms with Gasteiger partial charge in [-0.05, 0) is 37.0 Å². The van der Waals surface area contributed by atoms with Crippen LogP contribution in [0.2, 0.25) is 0 Å². The Morgan fingerprint density at radius 3 is 2.33 bits per heavy atom. The van der Waals surface area contributed by atoms with Crippen molar-refractivity contribution in [3.63, 3.8) is 0 Å². The van der Waals surface area contributed by atoms with Gasteiger partial charge >= 0.3 is 12.0 Å². The normalized spacial score (nSPS) is 23.5. The lowest BCUT2D eigenvalue weighted by Crippen LogP contribution is -2.51. The Morgan fingerprint density at radius 2 is 1.76 bits per heavy atom. The zero-order valence-corrected chi connectivity index (χ0v) is 13.0. The van der Waals surface area contributed by atoms with E-state index in [-0.39, 0.29) is 17.4 Å². The van der Waals surface area contributed by atoms with Gasteiger partial charge in [-0.3, -0.25) is 0 Å². The van der Waals surface area contributed by atoms with Crippen LogP contribution in [0.4, 0.5) is 4.79 Å². The van der Waals surface area contributed by atoms with Gasteiger partial charge in [0.2, 0.25) is 0 Å². The second-order valence-corrected chi connectivity index (χ2v) is 7.06. The lowest BCUT2D eigenvalue weighted by Gasteiger charge is -2.29. The molecule has 1 unspecified atom stereocenters. The molecule has 0 radical (unpaired) electrons. The number of rotatable bonds is 5. The van der Waals surface area contributed by atoms with Crippen molar-refractivity contribution in [3.05, 3.63) is 0 Å². The van der Waals surface area contributed by atoms with E-state index in [1.807, 2.05) is 0 Å². The SMILES string of the molecule is CC1(CNC(=O)NC(C(=O)O)C2CCCCC2)CCCC1. The monoisotopic (exact) mass is 296 g/mol. The molecular formula is C16H28N2O3. The first kappa shape index (κ1) is 16.1. The van der Waals surface area contributed by atoms with E-state index in [0.29, 0.717) is 6.54 Å². The largest absolute Gasteiger partial charge is 0.480 e. The van der Waals surface area contributed by atoms with E-state index in [0.717, 1.165) is 38.5 Å². The maximum absolute atomic E-state index is 12.0. The summed E-state index contributed by atoms with van der Waals surface area (Å²) in [5, 5.41) is 14.9. The quantitative estimate of drug-likeness (QED) is 0.730. The van der Waals surface area contributed by atoms with E-state index in [9.17, 15) is 14.7 Å². The minimum absolute atomic E-state index is 0.0732. The van der Waals surface area contributed by atoms with Crippen LogP contribution in [0.5, 0.6) is 0 Å². The molecule has 0 aromatic carbocycles. The van der Waals surface area contributed by atoms with Crippen LogP contribution in [0.15, 0.2) is 0 Å². The van der Waals surface area contributed by atoms with Crippen molar-refractivity contribution in [2.45, 2.75) is 70.8 Å². The Labute approximate surface area is 126 Å². The van der Waals surface area contributed by atoms with Crippen molar-refractivity contribution in [1.29, 1.82) is 0 Å². The van der Waals surface area contributed by atoms with E-state index in [4.69, 9.17) is 0 Å². The standard InChI is InChI=1S/C16H28N2O3/c1-16(9-5-6-10-16)11-17-15(21)18-13(14(19)20)12-7-3-2-4-8-12/h12-13H,2-11H2,1H3,(H,19,20)(H2,17,18,21). The fourth-order valence-electron chi connectivity index (χ4n) is 3.74. The van der Waals surface area contributed by atoms with Crippen molar-refractivity contribution >= 4 is 12.0 Å². The molecule has 2 aliphatic rings. The Kier molecular flexibility index (Phi) is 5.48. The van der Waals surface area contributed by atoms with Gasteiger partial charge in [-0.1, -0.05) is 39.0 Å². The predicted octanol–water partition coefficient (Wildman–Crippen LogP) is 2.90. The van der Waals surface area contributed by atoms with Crippen LogP contribution < -0.4 is 10.6 Å². The lowest BCUT2D eigenvalue weighted by molar-refractivity contribution is -0.141. The number of carbonyl (C=O) groups excluding carboxylic acids is 1. The van der Waals surface area contributed by atoms with E-state index >= 15 is 0 Å². The van der Waals surface area contributed by atoms with Crippen LogP contribution in [-0.4, -0.2) is 29.7 Å². The third-order valence-corrected chi connectivity index (χ3v) is 5.16. The van der Waals surface area contributed by atoms with Gasteiger partial charge in [0.1, 0.15) is 6.04 Å². The average molecular weight is 296 g/mol. The smallest absolute Gasteiger partial charge is 0.326 e. The maximum atomic E-state index is 12.0. The Bertz CT molecular complexity index is 372. The summed E-state index contributed by atoms with van der Waals surface area (Å²) in [6, 6.07) is -1.08. The summed E-state index contributed by atoms with van der Waals surface area (Å²) in [6.45, 7) is 2.83. The van der Waals surface area contributed by atoms with Gasteiger partial charge in [0, 0.05) is 6.54 Å². The fourth-order valence-corrected chi connectivity index (χ4v) is 3.74. The van der Waals surface area contributed by atoms with E-state index in [1.165, 1.54) is 19.3 Å². The lowest BCUT2D eigenvalue weighted by atomic mass is 9.84. The Hall–Kier alpha value is -1.26. The average Bonchev–Trinajstić information content (AvgIpc) is 2.90. The summed E-state index contributed by atoms with van der Waals surface area (Å²) in [5.41, 5.74) is 0.181. The van der Waals surface area contributed by atoms with Crippen molar-refractivity contribution in [2.24, 2.45) is 11.3 Å². The maximum Gasteiger partial charge on any atom is 0.326 e. The van der Waals surface area contributed by atoms with Gasteiger partial charge in [0.25, 0.3) is 0 Å². The predicted molar refractivity (Wildman–Crippen MR) is 81.1 cm³/mol. The van der Waals surface area contributed by atoms with Gasteiger partial charge in [0.15, 0.2) is 0 Å². The molecule has 2 amide bonds. The molecule has 0 aliphatic heterocycles. The number of amides is 2. The summed E-state index contributed by atoms with van der Waals surface area (Å²) in [6.07, 6.45) is 9.82. The van der Waals surface area contributed by atoms with Gasteiger partial charge in [-0.2, -0.15) is 0 Å². The number of hydrogen-bond donors (Lipinski definition) is 3. The van der Waals surface area contributed by atoms with Crippen LogP contribution in [0.25, 0.3) is 0 Å². The molecular weight excluding hydrogens is 268 g/mol. The van der Waals surface area contributed by atoms with Crippen LogP contribution in [-0.2, 0) is 4.79 Å². The molecule has 2 fully saturated rings. The molecule has 0 saturated heterocycles. The van der Waals surface area contributed by atoms with Gasteiger partial charge in [0.05, 0.1) is 0 Å². The van der Waals surface area contributed by atoms with Crippen molar-refractivity contribution in [2.75, 3.05) is 6.54 Å². The van der Waals surface area contributed by atoms with Crippen LogP contribution in [0.1, 0.15) is 64.7 Å². The summed E-state index contributed by atoms with van der Waals surface area (Å²) >= 11 is 0. The highest BCUT2D eigenvalue weighted by Crippen LogP contribution is 2.36.